The Hall–Kier alpha value is -2.41. The van der Waals surface area contributed by atoms with Crippen molar-refractivity contribution in [1.29, 1.82) is 0 Å². The van der Waals surface area contributed by atoms with Gasteiger partial charge in [0.05, 0.1) is 5.69 Å². The van der Waals surface area contributed by atoms with Crippen molar-refractivity contribution in [3.63, 3.8) is 0 Å². The maximum Gasteiger partial charge on any atom is 0.265 e. The number of hydrogen-bond donors (Lipinski definition) is 2. The lowest BCUT2D eigenvalue weighted by Crippen LogP contribution is -2.44. The predicted octanol–water partition coefficient (Wildman–Crippen LogP) is 2.20. The van der Waals surface area contributed by atoms with Gasteiger partial charge in [-0.1, -0.05) is 6.42 Å². The van der Waals surface area contributed by atoms with Gasteiger partial charge >= 0.3 is 0 Å². The first-order valence-corrected chi connectivity index (χ1v) is 10.6. The molecule has 2 heterocycles. The summed E-state index contributed by atoms with van der Waals surface area (Å²) in [4.78, 5) is 39.6. The fourth-order valence-electron chi connectivity index (χ4n) is 4.84. The average molecular weight is 399 g/mol. The number of nitrogens with two attached hydrogens (primary N) is 1. The average Bonchev–Trinajstić information content (AvgIpc) is 3.22. The third kappa shape index (κ3) is 3.88. The summed E-state index contributed by atoms with van der Waals surface area (Å²) in [6, 6.07) is 5.20. The molecular weight excluding hydrogens is 370 g/mol. The quantitative estimate of drug-likeness (QED) is 0.756. The molecule has 3 atom stereocenters. The van der Waals surface area contributed by atoms with Crippen molar-refractivity contribution in [3.05, 3.63) is 23.8 Å². The summed E-state index contributed by atoms with van der Waals surface area (Å²) in [5.41, 5.74) is 6.95. The molecule has 3 aliphatic rings. The standard InChI is InChI=1S/C22H29N3O4/c1-13-21(27)24-18-11-15(5-6-19(18)29-13)20(26)14-7-9-25(10-8-14)22(28)17-4-2-3-16(17)12-23/h5-6,11,13-14,16-17H,2-4,7-10,12,23H2,1H3,(H,24,27)/t13?,16-,17-/m1/s1. The lowest BCUT2D eigenvalue weighted by atomic mass is 9.87. The molecule has 4 rings (SSSR count). The molecule has 2 amide bonds. The molecule has 2 aliphatic heterocycles. The van der Waals surface area contributed by atoms with E-state index in [2.05, 4.69) is 5.32 Å². The number of ketones is 1. The van der Waals surface area contributed by atoms with Crippen LogP contribution in [0.2, 0.25) is 0 Å². The second-order valence-corrected chi connectivity index (χ2v) is 8.46. The number of Topliss-reactive ketones (excluding diaryl/α,β-unsaturated/α-hetero) is 1. The number of amides is 2. The van der Waals surface area contributed by atoms with Gasteiger partial charge in [0.2, 0.25) is 5.91 Å². The molecule has 0 bridgehead atoms. The van der Waals surface area contributed by atoms with E-state index in [0.717, 1.165) is 19.3 Å². The molecule has 1 aliphatic carbocycles. The smallest absolute Gasteiger partial charge is 0.265 e. The summed E-state index contributed by atoms with van der Waals surface area (Å²) in [5.74, 6) is 0.901. The van der Waals surface area contributed by atoms with Gasteiger partial charge in [-0.3, -0.25) is 14.4 Å². The molecule has 2 fully saturated rings. The molecule has 156 valence electrons. The van der Waals surface area contributed by atoms with Gasteiger partial charge < -0.3 is 20.7 Å². The topological polar surface area (TPSA) is 102 Å². The Kier molecular flexibility index (Phi) is 5.58. The fraction of sp³-hybridized carbons (Fsp3) is 0.591. The Bertz CT molecular complexity index is 816. The number of ether oxygens (including phenoxy) is 1. The maximum absolute atomic E-state index is 13.0. The van der Waals surface area contributed by atoms with Crippen LogP contribution < -0.4 is 15.8 Å². The first kappa shape index (κ1) is 19.9. The highest BCUT2D eigenvalue weighted by Gasteiger charge is 2.37. The number of likely N-dealkylation sites (tertiary alicyclic amines) is 1. The monoisotopic (exact) mass is 399 g/mol. The minimum atomic E-state index is -0.537. The second-order valence-electron chi connectivity index (χ2n) is 8.46. The second kappa shape index (κ2) is 8.14. The van der Waals surface area contributed by atoms with Gasteiger partial charge in [-0.2, -0.15) is 0 Å². The van der Waals surface area contributed by atoms with Crippen molar-refractivity contribution < 1.29 is 19.1 Å². The summed E-state index contributed by atoms with van der Waals surface area (Å²) in [5, 5.41) is 2.79. The molecule has 0 radical (unpaired) electrons. The van der Waals surface area contributed by atoms with Gasteiger partial charge in [0.15, 0.2) is 11.9 Å². The van der Waals surface area contributed by atoms with Crippen LogP contribution in [-0.4, -0.2) is 48.2 Å². The van der Waals surface area contributed by atoms with Crippen molar-refractivity contribution in [2.24, 2.45) is 23.5 Å². The minimum Gasteiger partial charge on any atom is -0.479 e. The normalized spacial score (nSPS) is 27.2. The SMILES string of the molecule is CC1Oc2ccc(C(=O)C3CCN(C(=O)[C@@H]4CCC[C@@H]4CN)CC3)cc2NC1=O. The summed E-state index contributed by atoms with van der Waals surface area (Å²) < 4.78 is 5.55. The van der Waals surface area contributed by atoms with Gasteiger partial charge in [0.1, 0.15) is 5.75 Å². The number of piperidine rings is 1. The summed E-state index contributed by atoms with van der Waals surface area (Å²) in [6.45, 7) is 3.49. The number of anilines is 1. The highest BCUT2D eigenvalue weighted by Crippen LogP contribution is 2.35. The molecule has 1 aromatic rings. The van der Waals surface area contributed by atoms with E-state index in [9.17, 15) is 14.4 Å². The lowest BCUT2D eigenvalue weighted by molar-refractivity contribution is -0.137. The minimum absolute atomic E-state index is 0.0545. The number of nitrogens with zero attached hydrogens (tertiary/aromatic N) is 1. The Morgan fingerprint density at radius 2 is 1.97 bits per heavy atom. The molecule has 3 N–H and O–H groups in total. The van der Waals surface area contributed by atoms with Crippen molar-refractivity contribution in [3.8, 4) is 5.75 Å². The Morgan fingerprint density at radius 3 is 2.69 bits per heavy atom. The van der Waals surface area contributed by atoms with E-state index in [4.69, 9.17) is 10.5 Å². The molecule has 0 spiro atoms. The number of carbonyl (C=O) groups is 3. The first-order valence-electron chi connectivity index (χ1n) is 10.6. The first-order chi connectivity index (χ1) is 14.0. The lowest BCUT2D eigenvalue weighted by Gasteiger charge is -2.34. The van der Waals surface area contributed by atoms with Crippen molar-refractivity contribution >= 4 is 23.3 Å². The van der Waals surface area contributed by atoms with E-state index in [1.54, 1.807) is 25.1 Å². The molecule has 7 nitrogen and oxygen atoms in total. The van der Waals surface area contributed by atoms with E-state index in [-0.39, 0.29) is 29.4 Å². The number of nitrogens with one attached hydrogen (secondary N) is 1. The Labute approximate surface area is 171 Å². The largest absolute Gasteiger partial charge is 0.479 e. The van der Waals surface area contributed by atoms with Crippen LogP contribution in [0.1, 0.15) is 49.4 Å². The van der Waals surface area contributed by atoms with Crippen LogP contribution in [0.4, 0.5) is 5.69 Å². The number of fused-ring (bicyclic) bond motifs is 1. The van der Waals surface area contributed by atoms with Gasteiger partial charge in [-0.25, -0.2) is 0 Å². The van der Waals surface area contributed by atoms with Crippen LogP contribution in [0.15, 0.2) is 18.2 Å². The molecule has 1 aromatic carbocycles. The Morgan fingerprint density at radius 1 is 1.21 bits per heavy atom. The van der Waals surface area contributed by atoms with Crippen LogP contribution in [0.25, 0.3) is 0 Å². The third-order valence-electron chi connectivity index (χ3n) is 6.65. The van der Waals surface area contributed by atoms with Crippen molar-refractivity contribution in [2.75, 3.05) is 25.0 Å². The fourth-order valence-corrected chi connectivity index (χ4v) is 4.84. The zero-order valence-electron chi connectivity index (χ0n) is 16.9. The molecule has 1 saturated heterocycles. The van der Waals surface area contributed by atoms with E-state index in [1.807, 2.05) is 4.90 Å². The van der Waals surface area contributed by atoms with E-state index < -0.39 is 6.10 Å². The van der Waals surface area contributed by atoms with Crippen LogP contribution in [0, 0.1) is 17.8 Å². The number of rotatable bonds is 4. The highest BCUT2D eigenvalue weighted by molar-refractivity contribution is 6.02. The van der Waals surface area contributed by atoms with E-state index in [1.165, 1.54) is 0 Å². The van der Waals surface area contributed by atoms with E-state index >= 15 is 0 Å². The van der Waals surface area contributed by atoms with Crippen LogP contribution >= 0.6 is 0 Å². The van der Waals surface area contributed by atoms with Crippen LogP contribution in [0.5, 0.6) is 5.75 Å². The molecule has 29 heavy (non-hydrogen) atoms. The molecule has 7 heteroatoms. The summed E-state index contributed by atoms with van der Waals surface area (Å²) in [6.07, 6.45) is 3.85. The zero-order chi connectivity index (χ0) is 20.5. The van der Waals surface area contributed by atoms with Gasteiger partial charge in [0.25, 0.3) is 5.91 Å². The predicted molar refractivity (Wildman–Crippen MR) is 109 cm³/mol. The van der Waals surface area contributed by atoms with Crippen molar-refractivity contribution in [1.82, 2.24) is 4.90 Å². The number of benzene rings is 1. The maximum atomic E-state index is 13.0. The molecule has 1 unspecified atom stereocenters. The summed E-state index contributed by atoms with van der Waals surface area (Å²) in [7, 11) is 0. The zero-order valence-corrected chi connectivity index (χ0v) is 16.9. The van der Waals surface area contributed by atoms with Gasteiger partial charge in [0, 0.05) is 30.5 Å². The molecular formula is C22H29N3O4. The van der Waals surface area contributed by atoms with Gasteiger partial charge in [-0.05, 0) is 63.3 Å². The molecule has 0 aromatic heterocycles. The third-order valence-corrected chi connectivity index (χ3v) is 6.65. The van der Waals surface area contributed by atoms with Gasteiger partial charge in [-0.15, -0.1) is 0 Å². The van der Waals surface area contributed by atoms with Crippen molar-refractivity contribution in [2.45, 2.75) is 45.1 Å². The van der Waals surface area contributed by atoms with E-state index in [0.29, 0.717) is 55.4 Å². The highest BCUT2D eigenvalue weighted by atomic mass is 16.5. The molecule has 1 saturated carbocycles. The van der Waals surface area contributed by atoms with Crippen LogP contribution in [0.3, 0.4) is 0 Å². The summed E-state index contributed by atoms with van der Waals surface area (Å²) >= 11 is 0. The number of carbonyl (C=O) groups excluding carboxylic acids is 3. The Balaban J connectivity index is 1.38. The van der Waals surface area contributed by atoms with Crippen LogP contribution in [-0.2, 0) is 9.59 Å². The number of hydrogen-bond acceptors (Lipinski definition) is 5.